The van der Waals surface area contributed by atoms with E-state index in [0.29, 0.717) is 15.7 Å². The largest absolute Gasteiger partial charge is 0.497 e. The Morgan fingerprint density at radius 1 is 1.18 bits per heavy atom. The molecule has 1 aromatic carbocycles. The minimum atomic E-state index is -0.975. The molecule has 1 aliphatic heterocycles. The SMILES string of the molecule is COc1ccc(NC(=O)C(C(C)=O)=C2SC(C(=O)O)S2)cc1. The number of thioether (sulfide) groups is 2. The van der Waals surface area contributed by atoms with Gasteiger partial charge in [0.1, 0.15) is 11.3 Å². The first kappa shape index (κ1) is 16.4. The summed E-state index contributed by atoms with van der Waals surface area (Å²) < 4.78 is 4.79. The first-order valence-corrected chi connectivity index (χ1v) is 7.95. The van der Waals surface area contributed by atoms with Gasteiger partial charge in [0.15, 0.2) is 10.4 Å². The van der Waals surface area contributed by atoms with Crippen molar-refractivity contribution in [2.75, 3.05) is 12.4 Å². The van der Waals surface area contributed by atoms with Crippen LogP contribution in [0.2, 0.25) is 0 Å². The van der Waals surface area contributed by atoms with Crippen molar-refractivity contribution in [2.45, 2.75) is 11.5 Å². The lowest BCUT2D eigenvalue weighted by molar-refractivity contribution is -0.134. The summed E-state index contributed by atoms with van der Waals surface area (Å²) in [5.74, 6) is -1.27. The highest BCUT2D eigenvalue weighted by Gasteiger charge is 2.37. The molecule has 0 aliphatic carbocycles. The molecule has 1 amide bonds. The third kappa shape index (κ3) is 3.63. The normalized spacial score (nSPS) is 16.5. The van der Waals surface area contributed by atoms with Gasteiger partial charge in [-0.3, -0.25) is 14.4 Å². The lowest BCUT2D eigenvalue weighted by atomic mass is 10.2. The molecule has 1 heterocycles. The van der Waals surface area contributed by atoms with E-state index < -0.39 is 22.2 Å². The Morgan fingerprint density at radius 2 is 1.77 bits per heavy atom. The maximum absolute atomic E-state index is 12.2. The molecule has 0 saturated carbocycles. The number of methoxy groups -OCH3 is 1. The number of carboxylic acid groups (broad SMARTS) is 1. The average molecular weight is 339 g/mol. The van der Waals surface area contributed by atoms with Crippen molar-refractivity contribution < 1.29 is 24.2 Å². The van der Waals surface area contributed by atoms with Gasteiger partial charge in [0.25, 0.3) is 5.91 Å². The Labute approximate surface area is 135 Å². The minimum Gasteiger partial charge on any atom is -0.497 e. The number of Topliss-reactive ketones (excluding diaryl/α,β-unsaturated/α-hetero) is 1. The van der Waals surface area contributed by atoms with Crippen LogP contribution in [-0.2, 0) is 14.4 Å². The molecule has 0 radical (unpaired) electrons. The number of nitrogens with one attached hydrogen (secondary N) is 1. The zero-order chi connectivity index (χ0) is 16.3. The number of ether oxygens (including phenoxy) is 1. The number of carbonyl (C=O) groups is 3. The van der Waals surface area contributed by atoms with Crippen molar-refractivity contribution in [1.82, 2.24) is 0 Å². The van der Waals surface area contributed by atoms with E-state index in [1.54, 1.807) is 24.3 Å². The minimum absolute atomic E-state index is 0.0108. The molecule has 1 aliphatic rings. The van der Waals surface area contributed by atoms with Crippen LogP contribution in [0.15, 0.2) is 34.1 Å². The first-order valence-electron chi connectivity index (χ1n) is 6.19. The van der Waals surface area contributed by atoms with E-state index in [9.17, 15) is 14.4 Å². The Balaban J connectivity index is 2.12. The zero-order valence-corrected chi connectivity index (χ0v) is 13.4. The molecule has 8 heteroatoms. The molecule has 0 spiro atoms. The molecule has 1 saturated heterocycles. The highest BCUT2D eigenvalue weighted by molar-refractivity contribution is 8.39. The molecule has 1 fully saturated rings. The van der Waals surface area contributed by atoms with Gasteiger partial charge in [-0.05, 0) is 31.2 Å². The van der Waals surface area contributed by atoms with Crippen LogP contribution in [0.1, 0.15) is 6.92 Å². The van der Waals surface area contributed by atoms with Crippen molar-refractivity contribution >= 4 is 46.9 Å². The Bertz CT molecular complexity index is 646. The number of rotatable bonds is 5. The fourth-order valence-electron chi connectivity index (χ4n) is 1.69. The van der Waals surface area contributed by atoms with Gasteiger partial charge in [0, 0.05) is 5.69 Å². The van der Waals surface area contributed by atoms with E-state index >= 15 is 0 Å². The summed E-state index contributed by atoms with van der Waals surface area (Å²) in [6, 6.07) is 6.67. The van der Waals surface area contributed by atoms with E-state index in [4.69, 9.17) is 9.84 Å². The topological polar surface area (TPSA) is 92.7 Å². The van der Waals surface area contributed by atoms with E-state index in [2.05, 4.69) is 5.32 Å². The van der Waals surface area contributed by atoms with Crippen molar-refractivity contribution in [3.05, 3.63) is 34.1 Å². The fraction of sp³-hybridized carbons (Fsp3) is 0.214. The van der Waals surface area contributed by atoms with Crippen molar-refractivity contribution in [3.8, 4) is 5.75 Å². The van der Waals surface area contributed by atoms with Crippen molar-refractivity contribution in [2.24, 2.45) is 0 Å². The Kier molecular flexibility index (Phi) is 5.15. The molecule has 0 aromatic heterocycles. The number of carboxylic acids is 1. The number of anilines is 1. The lowest BCUT2D eigenvalue weighted by Gasteiger charge is -2.25. The third-order valence-corrected chi connectivity index (χ3v) is 5.58. The van der Waals surface area contributed by atoms with E-state index in [0.717, 1.165) is 23.5 Å². The molecule has 1 aromatic rings. The van der Waals surface area contributed by atoms with Gasteiger partial charge in [0.05, 0.1) is 11.3 Å². The van der Waals surface area contributed by atoms with Gasteiger partial charge in [-0.25, -0.2) is 0 Å². The van der Waals surface area contributed by atoms with Gasteiger partial charge in [0.2, 0.25) is 0 Å². The van der Waals surface area contributed by atoms with Crippen LogP contribution >= 0.6 is 23.5 Å². The standard InChI is InChI=1S/C14H13NO5S2/c1-7(16)10(13-21-14(22-13)12(18)19)11(17)15-8-3-5-9(20-2)6-4-8/h3-6,14H,1-2H3,(H,15,17)(H,18,19). The zero-order valence-electron chi connectivity index (χ0n) is 11.8. The number of hydrogen-bond acceptors (Lipinski definition) is 6. The summed E-state index contributed by atoms with van der Waals surface area (Å²) in [5, 5.41) is 11.5. The Morgan fingerprint density at radius 3 is 2.23 bits per heavy atom. The monoisotopic (exact) mass is 339 g/mol. The predicted molar refractivity (Wildman–Crippen MR) is 85.9 cm³/mol. The van der Waals surface area contributed by atoms with Crippen molar-refractivity contribution in [1.29, 1.82) is 0 Å². The van der Waals surface area contributed by atoms with E-state index in [1.807, 2.05) is 0 Å². The molecule has 22 heavy (non-hydrogen) atoms. The number of hydrogen-bond donors (Lipinski definition) is 2. The van der Waals surface area contributed by atoms with E-state index in [-0.39, 0.29) is 5.57 Å². The molecule has 2 rings (SSSR count). The van der Waals surface area contributed by atoms with Crippen LogP contribution in [0.5, 0.6) is 5.75 Å². The number of amides is 1. The van der Waals surface area contributed by atoms with Gasteiger partial charge in [-0.1, -0.05) is 23.5 Å². The smallest absolute Gasteiger partial charge is 0.327 e. The molecule has 2 N–H and O–H groups in total. The summed E-state index contributed by atoms with van der Waals surface area (Å²) in [6.07, 6.45) is 0. The number of carbonyl (C=O) groups excluding carboxylic acids is 2. The molecule has 116 valence electrons. The highest BCUT2D eigenvalue weighted by Crippen LogP contribution is 2.52. The van der Waals surface area contributed by atoms with E-state index in [1.165, 1.54) is 14.0 Å². The summed E-state index contributed by atoms with van der Waals surface area (Å²) in [6.45, 7) is 1.28. The van der Waals surface area contributed by atoms with Crippen LogP contribution in [0.25, 0.3) is 0 Å². The van der Waals surface area contributed by atoms with Crippen molar-refractivity contribution in [3.63, 3.8) is 0 Å². The summed E-state index contributed by atoms with van der Waals surface area (Å²) >= 11 is 2.01. The summed E-state index contributed by atoms with van der Waals surface area (Å²) in [7, 11) is 1.54. The van der Waals surface area contributed by atoms with Crippen LogP contribution in [0.3, 0.4) is 0 Å². The number of benzene rings is 1. The van der Waals surface area contributed by atoms with Crippen LogP contribution in [0, 0.1) is 0 Å². The first-order chi connectivity index (χ1) is 10.4. The lowest BCUT2D eigenvalue weighted by Crippen LogP contribution is -2.25. The fourth-order valence-corrected chi connectivity index (χ4v) is 3.87. The second kappa shape index (κ2) is 6.89. The second-order valence-corrected chi connectivity index (χ2v) is 7.09. The highest BCUT2D eigenvalue weighted by atomic mass is 32.3. The molecule has 0 unspecified atom stereocenters. The molecular formula is C14H13NO5S2. The quantitative estimate of drug-likeness (QED) is 0.483. The summed E-state index contributed by atoms with van der Waals surface area (Å²) in [4.78, 5) is 34.7. The maximum atomic E-state index is 12.2. The van der Waals surface area contributed by atoms with Gasteiger partial charge in [-0.15, -0.1) is 0 Å². The maximum Gasteiger partial charge on any atom is 0.327 e. The molecule has 0 atom stereocenters. The average Bonchev–Trinajstić information content (AvgIpc) is 2.41. The predicted octanol–water partition coefficient (Wildman–Crippen LogP) is 2.33. The number of ketones is 1. The second-order valence-electron chi connectivity index (χ2n) is 4.31. The molecule has 6 nitrogen and oxygen atoms in total. The Hall–Kier alpha value is -1.93. The van der Waals surface area contributed by atoms with Gasteiger partial charge < -0.3 is 15.2 Å². The van der Waals surface area contributed by atoms with Gasteiger partial charge in [-0.2, -0.15) is 0 Å². The van der Waals surface area contributed by atoms with Crippen LogP contribution < -0.4 is 10.1 Å². The molecular weight excluding hydrogens is 326 g/mol. The summed E-state index contributed by atoms with van der Waals surface area (Å²) in [5.41, 5.74) is 0.512. The number of aliphatic carboxylic acids is 1. The third-order valence-electron chi connectivity index (χ3n) is 2.76. The van der Waals surface area contributed by atoms with Gasteiger partial charge >= 0.3 is 5.97 Å². The van der Waals surface area contributed by atoms with Crippen LogP contribution in [0.4, 0.5) is 5.69 Å². The molecule has 0 bridgehead atoms. The van der Waals surface area contributed by atoms with Crippen LogP contribution in [-0.4, -0.2) is 34.5 Å².